The van der Waals surface area contributed by atoms with E-state index in [2.05, 4.69) is 20.9 Å². The third-order valence-electron chi connectivity index (χ3n) is 4.57. The smallest absolute Gasteiger partial charge is 0.274 e. The summed E-state index contributed by atoms with van der Waals surface area (Å²) in [6.07, 6.45) is 1.93. The summed E-state index contributed by atoms with van der Waals surface area (Å²) in [7, 11) is 0. The maximum absolute atomic E-state index is 13.2. The second-order valence-electron chi connectivity index (χ2n) is 6.31. The van der Waals surface area contributed by atoms with Crippen LogP contribution >= 0.6 is 11.6 Å². The zero-order valence-corrected chi connectivity index (χ0v) is 15.0. The molecule has 0 bridgehead atoms. The summed E-state index contributed by atoms with van der Waals surface area (Å²) in [5.74, 6) is -0.724. The first-order chi connectivity index (χ1) is 12.0. The van der Waals surface area contributed by atoms with Crippen LogP contribution in [0.3, 0.4) is 0 Å². The number of amides is 1. The van der Waals surface area contributed by atoms with Crippen molar-refractivity contribution in [3.63, 3.8) is 0 Å². The molecule has 3 rings (SSSR count). The summed E-state index contributed by atoms with van der Waals surface area (Å²) in [4.78, 5) is 12.6. The fraction of sp³-hybridized carbons (Fsp3) is 0.471. The highest BCUT2D eigenvalue weighted by Crippen LogP contribution is 2.24. The van der Waals surface area contributed by atoms with Crippen LogP contribution in [0.15, 0.2) is 18.2 Å². The predicted octanol–water partition coefficient (Wildman–Crippen LogP) is 2.79. The molecule has 0 radical (unpaired) electrons. The fourth-order valence-electron chi connectivity index (χ4n) is 3.14. The number of aromatic nitrogens is 3. The van der Waals surface area contributed by atoms with Crippen LogP contribution in [0.4, 0.5) is 4.39 Å². The molecule has 2 heterocycles. The first kappa shape index (κ1) is 17.8. The molecule has 2 aromatic rings. The molecule has 8 heteroatoms. The molecule has 1 amide bonds. The Balaban J connectivity index is 1.74. The molecule has 1 fully saturated rings. The van der Waals surface area contributed by atoms with Gasteiger partial charge in [-0.1, -0.05) is 22.9 Å². The van der Waals surface area contributed by atoms with Gasteiger partial charge in [-0.3, -0.25) is 4.79 Å². The Morgan fingerprint density at radius 1 is 1.44 bits per heavy atom. The number of halogens is 2. The number of rotatable bonds is 4. The van der Waals surface area contributed by atoms with Crippen molar-refractivity contribution in [3.8, 4) is 0 Å². The van der Waals surface area contributed by atoms with E-state index < -0.39 is 5.82 Å². The summed E-state index contributed by atoms with van der Waals surface area (Å²) in [6.45, 7) is 5.52. The van der Waals surface area contributed by atoms with E-state index in [4.69, 9.17) is 11.6 Å². The molecule has 0 spiro atoms. The molecule has 1 saturated heterocycles. The maximum atomic E-state index is 13.2. The second-order valence-corrected chi connectivity index (χ2v) is 6.72. The lowest BCUT2D eigenvalue weighted by Gasteiger charge is -2.23. The fourth-order valence-corrected chi connectivity index (χ4v) is 3.48. The van der Waals surface area contributed by atoms with Gasteiger partial charge in [0.25, 0.3) is 5.91 Å². The molecule has 1 aromatic carbocycles. The Hall–Kier alpha value is -1.99. The predicted molar refractivity (Wildman–Crippen MR) is 93.2 cm³/mol. The minimum absolute atomic E-state index is 0.263. The van der Waals surface area contributed by atoms with Gasteiger partial charge in [-0.15, -0.1) is 5.10 Å². The molecule has 1 unspecified atom stereocenters. The topological polar surface area (TPSA) is 71.8 Å². The van der Waals surface area contributed by atoms with Crippen LogP contribution in [0.1, 0.15) is 53.6 Å². The SMILES string of the molecule is Cc1c(C(=O)NC(C)c2ccc(F)cc2Cl)nnn1C1CCNCC1. The van der Waals surface area contributed by atoms with E-state index in [0.29, 0.717) is 11.3 Å². The van der Waals surface area contributed by atoms with Gasteiger partial charge in [-0.05, 0) is 57.5 Å². The molecule has 25 heavy (non-hydrogen) atoms. The van der Waals surface area contributed by atoms with Crippen LogP contribution in [0, 0.1) is 12.7 Å². The molecule has 1 atom stereocenters. The van der Waals surface area contributed by atoms with Crippen LogP contribution in [0.25, 0.3) is 0 Å². The number of nitrogens with zero attached hydrogens (tertiary/aromatic N) is 3. The van der Waals surface area contributed by atoms with Gasteiger partial charge < -0.3 is 10.6 Å². The van der Waals surface area contributed by atoms with Crippen LogP contribution < -0.4 is 10.6 Å². The molecule has 6 nitrogen and oxygen atoms in total. The zero-order valence-electron chi connectivity index (χ0n) is 14.2. The number of benzene rings is 1. The summed E-state index contributed by atoms with van der Waals surface area (Å²) >= 11 is 6.06. The van der Waals surface area contributed by atoms with Gasteiger partial charge in [0, 0.05) is 5.02 Å². The van der Waals surface area contributed by atoms with E-state index in [0.717, 1.165) is 31.6 Å². The first-order valence-electron chi connectivity index (χ1n) is 8.35. The van der Waals surface area contributed by atoms with Crippen molar-refractivity contribution < 1.29 is 9.18 Å². The highest BCUT2D eigenvalue weighted by molar-refractivity contribution is 6.31. The van der Waals surface area contributed by atoms with Gasteiger partial charge in [0.15, 0.2) is 5.69 Å². The number of carbonyl (C=O) groups is 1. The molecular weight excluding hydrogens is 345 g/mol. The summed E-state index contributed by atoms with van der Waals surface area (Å²) in [5, 5.41) is 14.7. The molecule has 1 aromatic heterocycles. The van der Waals surface area contributed by atoms with Crippen LogP contribution in [0.2, 0.25) is 5.02 Å². The number of nitrogens with one attached hydrogen (secondary N) is 2. The highest BCUT2D eigenvalue weighted by Gasteiger charge is 2.24. The van der Waals surface area contributed by atoms with Gasteiger partial charge in [-0.2, -0.15) is 0 Å². The van der Waals surface area contributed by atoms with E-state index in [1.54, 1.807) is 13.0 Å². The average molecular weight is 366 g/mol. The van der Waals surface area contributed by atoms with Crippen molar-refractivity contribution in [1.82, 2.24) is 25.6 Å². The minimum atomic E-state index is -0.409. The second kappa shape index (κ2) is 7.49. The molecule has 1 aliphatic heterocycles. The van der Waals surface area contributed by atoms with Gasteiger partial charge in [0.2, 0.25) is 0 Å². The standard InChI is InChI=1S/C17H21ClFN5O/c1-10(14-4-3-12(19)9-15(14)18)21-17(25)16-11(2)24(23-22-16)13-5-7-20-8-6-13/h3-4,9-10,13,20H,5-8H2,1-2H3,(H,21,25). The number of piperidine rings is 1. The van der Waals surface area contributed by atoms with Gasteiger partial charge >= 0.3 is 0 Å². The van der Waals surface area contributed by atoms with Crippen molar-refractivity contribution in [2.24, 2.45) is 0 Å². The summed E-state index contributed by atoms with van der Waals surface area (Å²) in [6, 6.07) is 4.02. The maximum Gasteiger partial charge on any atom is 0.274 e. The average Bonchev–Trinajstić information content (AvgIpc) is 2.97. The Labute approximate surface area is 150 Å². The van der Waals surface area contributed by atoms with E-state index in [9.17, 15) is 9.18 Å². The van der Waals surface area contributed by atoms with Crippen molar-refractivity contribution in [3.05, 3.63) is 46.0 Å². The zero-order chi connectivity index (χ0) is 18.0. The Morgan fingerprint density at radius 2 is 2.16 bits per heavy atom. The Morgan fingerprint density at radius 3 is 2.84 bits per heavy atom. The molecular formula is C17H21ClFN5O. The summed E-state index contributed by atoms with van der Waals surface area (Å²) in [5.41, 5.74) is 1.71. The lowest BCUT2D eigenvalue weighted by atomic mass is 10.1. The normalized spacial score (nSPS) is 16.6. The molecule has 0 aliphatic carbocycles. The van der Waals surface area contributed by atoms with Crippen LogP contribution in [-0.2, 0) is 0 Å². The summed E-state index contributed by atoms with van der Waals surface area (Å²) < 4.78 is 15.0. The van der Waals surface area contributed by atoms with E-state index >= 15 is 0 Å². The van der Waals surface area contributed by atoms with Crippen LogP contribution in [0.5, 0.6) is 0 Å². The molecule has 1 aliphatic rings. The Bertz CT molecular complexity index is 772. The monoisotopic (exact) mass is 365 g/mol. The number of carbonyl (C=O) groups excluding carboxylic acids is 1. The minimum Gasteiger partial charge on any atom is -0.344 e. The third-order valence-corrected chi connectivity index (χ3v) is 4.90. The van der Waals surface area contributed by atoms with Gasteiger partial charge in [0.05, 0.1) is 17.8 Å². The molecule has 134 valence electrons. The van der Waals surface area contributed by atoms with Crippen molar-refractivity contribution in [2.75, 3.05) is 13.1 Å². The quantitative estimate of drug-likeness (QED) is 0.874. The number of hydrogen-bond acceptors (Lipinski definition) is 4. The number of hydrogen-bond donors (Lipinski definition) is 2. The Kier molecular flexibility index (Phi) is 5.34. The largest absolute Gasteiger partial charge is 0.344 e. The van der Waals surface area contributed by atoms with Crippen molar-refractivity contribution in [1.29, 1.82) is 0 Å². The van der Waals surface area contributed by atoms with Crippen LogP contribution in [-0.4, -0.2) is 34.0 Å². The molecule has 2 N–H and O–H groups in total. The van der Waals surface area contributed by atoms with Gasteiger partial charge in [0.1, 0.15) is 5.82 Å². The van der Waals surface area contributed by atoms with E-state index in [1.165, 1.54) is 12.1 Å². The lowest BCUT2D eigenvalue weighted by Crippen LogP contribution is -2.31. The highest BCUT2D eigenvalue weighted by atomic mass is 35.5. The first-order valence-corrected chi connectivity index (χ1v) is 8.73. The third kappa shape index (κ3) is 3.82. The molecule has 0 saturated carbocycles. The lowest BCUT2D eigenvalue weighted by molar-refractivity contribution is 0.0934. The van der Waals surface area contributed by atoms with E-state index in [-0.39, 0.29) is 23.0 Å². The van der Waals surface area contributed by atoms with Crippen molar-refractivity contribution >= 4 is 17.5 Å². The van der Waals surface area contributed by atoms with Crippen molar-refractivity contribution in [2.45, 2.75) is 38.8 Å². The van der Waals surface area contributed by atoms with Gasteiger partial charge in [-0.25, -0.2) is 9.07 Å². The van der Waals surface area contributed by atoms with E-state index in [1.807, 2.05) is 11.6 Å².